The third-order valence-electron chi connectivity index (χ3n) is 3.28. The molecule has 0 bridgehead atoms. The highest BCUT2D eigenvalue weighted by Gasteiger charge is 2.25. The van der Waals surface area contributed by atoms with Crippen LogP contribution in [0.2, 0.25) is 0 Å². The molecule has 0 N–H and O–H groups in total. The van der Waals surface area contributed by atoms with E-state index in [9.17, 15) is 0 Å². The van der Waals surface area contributed by atoms with E-state index in [-0.39, 0.29) is 0 Å². The van der Waals surface area contributed by atoms with Gasteiger partial charge in [0.15, 0.2) is 0 Å². The van der Waals surface area contributed by atoms with Crippen LogP contribution < -0.4 is 4.90 Å². The van der Waals surface area contributed by atoms with Gasteiger partial charge in [0.2, 0.25) is 0 Å². The molecule has 1 atom stereocenters. The van der Waals surface area contributed by atoms with Gasteiger partial charge in [0, 0.05) is 23.8 Å². The Morgan fingerprint density at radius 3 is 2.44 bits per heavy atom. The van der Waals surface area contributed by atoms with E-state index in [2.05, 4.69) is 66.4 Å². The molecule has 80 valence electrons. The van der Waals surface area contributed by atoms with Crippen LogP contribution in [0.15, 0.2) is 54.6 Å². The average Bonchev–Trinajstić information content (AvgIpc) is 2.69. The molecule has 0 amide bonds. The topological polar surface area (TPSA) is 3.24 Å². The number of rotatable bonds is 1. The number of fused-ring (bicyclic) bond motifs is 1. The molecular weight excluding hydrogens is 194 g/mol. The Balaban J connectivity index is 2.07. The molecule has 2 aromatic carbocycles. The fraction of sp³-hybridized carbons (Fsp3) is 0.200. The number of para-hydroxylation sites is 2. The van der Waals surface area contributed by atoms with Crippen LogP contribution >= 0.6 is 0 Å². The molecule has 0 radical (unpaired) electrons. The third kappa shape index (κ3) is 1.40. The monoisotopic (exact) mass is 209 g/mol. The molecule has 1 heteroatoms. The maximum absolute atomic E-state index is 2.40. The Hall–Kier alpha value is -1.76. The van der Waals surface area contributed by atoms with Crippen LogP contribution in [0.5, 0.6) is 0 Å². The second-order valence-electron chi connectivity index (χ2n) is 4.41. The van der Waals surface area contributed by atoms with Crippen molar-refractivity contribution < 1.29 is 0 Å². The van der Waals surface area contributed by atoms with Gasteiger partial charge in [0.05, 0.1) is 0 Å². The highest BCUT2D eigenvalue weighted by Crippen LogP contribution is 2.40. The van der Waals surface area contributed by atoms with Gasteiger partial charge in [-0.05, 0) is 23.8 Å². The van der Waals surface area contributed by atoms with Crippen LogP contribution in [0.3, 0.4) is 0 Å². The predicted octanol–water partition coefficient (Wildman–Crippen LogP) is 3.94. The molecule has 1 heterocycles. The van der Waals surface area contributed by atoms with Crippen molar-refractivity contribution in [2.24, 2.45) is 0 Å². The Bertz CT molecular complexity index is 490. The van der Waals surface area contributed by atoms with Crippen LogP contribution in [0.4, 0.5) is 11.4 Å². The van der Waals surface area contributed by atoms with E-state index in [1.54, 1.807) is 0 Å². The Morgan fingerprint density at radius 2 is 1.62 bits per heavy atom. The van der Waals surface area contributed by atoms with Gasteiger partial charge >= 0.3 is 0 Å². The van der Waals surface area contributed by atoms with Crippen molar-refractivity contribution >= 4 is 11.4 Å². The molecule has 0 fully saturated rings. The van der Waals surface area contributed by atoms with Crippen molar-refractivity contribution in [1.29, 1.82) is 0 Å². The number of hydrogen-bond donors (Lipinski definition) is 0. The minimum atomic E-state index is 0.622. The lowest BCUT2D eigenvalue weighted by Crippen LogP contribution is -2.14. The first-order valence-electron chi connectivity index (χ1n) is 5.78. The molecule has 0 saturated carbocycles. The lowest BCUT2D eigenvalue weighted by atomic mass is 10.0. The molecule has 16 heavy (non-hydrogen) atoms. The molecule has 0 aromatic heterocycles. The van der Waals surface area contributed by atoms with E-state index in [0.717, 1.165) is 6.54 Å². The molecule has 0 saturated heterocycles. The molecule has 0 aliphatic carbocycles. The lowest BCUT2D eigenvalue weighted by molar-refractivity contribution is 0.813. The molecule has 2 aromatic rings. The van der Waals surface area contributed by atoms with Crippen LogP contribution in [-0.2, 0) is 0 Å². The van der Waals surface area contributed by atoms with Crippen LogP contribution in [-0.4, -0.2) is 6.54 Å². The first kappa shape index (κ1) is 9.46. The first-order valence-corrected chi connectivity index (χ1v) is 5.78. The van der Waals surface area contributed by atoms with Crippen LogP contribution in [0, 0.1) is 0 Å². The lowest BCUT2D eigenvalue weighted by Gasteiger charge is -2.19. The number of nitrogens with zero attached hydrogens (tertiary/aromatic N) is 1. The summed E-state index contributed by atoms with van der Waals surface area (Å²) in [6.45, 7) is 3.38. The predicted molar refractivity (Wildman–Crippen MR) is 68.3 cm³/mol. The van der Waals surface area contributed by atoms with Gasteiger partial charge in [0.25, 0.3) is 0 Å². The Labute approximate surface area is 96.3 Å². The molecule has 3 rings (SSSR count). The van der Waals surface area contributed by atoms with E-state index in [4.69, 9.17) is 0 Å². The van der Waals surface area contributed by atoms with Gasteiger partial charge in [-0.15, -0.1) is 0 Å². The Morgan fingerprint density at radius 1 is 0.938 bits per heavy atom. The number of benzene rings is 2. The summed E-state index contributed by atoms with van der Waals surface area (Å²) in [5.41, 5.74) is 4.12. The van der Waals surface area contributed by atoms with Gasteiger partial charge in [-0.3, -0.25) is 0 Å². The summed E-state index contributed by atoms with van der Waals surface area (Å²) >= 11 is 0. The van der Waals surface area contributed by atoms with Gasteiger partial charge in [-0.1, -0.05) is 43.3 Å². The molecule has 0 spiro atoms. The van der Waals surface area contributed by atoms with Gasteiger partial charge < -0.3 is 4.90 Å². The fourth-order valence-corrected chi connectivity index (χ4v) is 2.47. The summed E-state index contributed by atoms with van der Waals surface area (Å²) in [6, 6.07) is 19.3. The molecule has 1 aliphatic rings. The van der Waals surface area contributed by atoms with Crippen molar-refractivity contribution in [3.05, 3.63) is 60.2 Å². The first-order chi connectivity index (χ1) is 7.86. The molecule has 1 aliphatic heterocycles. The van der Waals surface area contributed by atoms with E-state index < -0.39 is 0 Å². The van der Waals surface area contributed by atoms with Gasteiger partial charge in [0.1, 0.15) is 0 Å². The van der Waals surface area contributed by atoms with E-state index in [1.165, 1.54) is 16.9 Å². The summed E-state index contributed by atoms with van der Waals surface area (Å²) in [4.78, 5) is 2.40. The SMILES string of the molecule is C[C@@H]1CN(c2ccccc2)c2ccccc21. The number of hydrogen-bond acceptors (Lipinski definition) is 1. The largest absolute Gasteiger partial charge is 0.341 e. The maximum Gasteiger partial charge on any atom is 0.0446 e. The maximum atomic E-state index is 2.40. The summed E-state index contributed by atoms with van der Waals surface area (Å²) in [7, 11) is 0. The second kappa shape index (κ2) is 3.67. The fourth-order valence-electron chi connectivity index (χ4n) is 2.47. The zero-order valence-corrected chi connectivity index (χ0v) is 9.43. The highest BCUT2D eigenvalue weighted by atomic mass is 15.2. The van der Waals surface area contributed by atoms with E-state index in [1.807, 2.05) is 0 Å². The van der Waals surface area contributed by atoms with Crippen LogP contribution in [0.1, 0.15) is 18.4 Å². The second-order valence-corrected chi connectivity index (χ2v) is 4.41. The zero-order chi connectivity index (χ0) is 11.0. The van der Waals surface area contributed by atoms with Gasteiger partial charge in [-0.2, -0.15) is 0 Å². The summed E-state index contributed by atoms with van der Waals surface area (Å²) in [6.07, 6.45) is 0. The molecule has 0 unspecified atom stereocenters. The number of anilines is 2. The summed E-state index contributed by atoms with van der Waals surface area (Å²) in [5.74, 6) is 0.622. The summed E-state index contributed by atoms with van der Waals surface area (Å²) in [5, 5.41) is 0. The van der Waals surface area contributed by atoms with Crippen molar-refractivity contribution in [3.8, 4) is 0 Å². The third-order valence-corrected chi connectivity index (χ3v) is 3.28. The normalized spacial score (nSPS) is 18.6. The highest BCUT2D eigenvalue weighted by molar-refractivity contribution is 5.70. The van der Waals surface area contributed by atoms with Gasteiger partial charge in [-0.25, -0.2) is 0 Å². The smallest absolute Gasteiger partial charge is 0.0446 e. The zero-order valence-electron chi connectivity index (χ0n) is 9.43. The average molecular weight is 209 g/mol. The summed E-state index contributed by atoms with van der Waals surface area (Å²) < 4.78 is 0. The molecule has 1 nitrogen and oxygen atoms in total. The van der Waals surface area contributed by atoms with Crippen molar-refractivity contribution in [2.45, 2.75) is 12.8 Å². The minimum Gasteiger partial charge on any atom is -0.341 e. The van der Waals surface area contributed by atoms with Crippen molar-refractivity contribution in [3.63, 3.8) is 0 Å². The quantitative estimate of drug-likeness (QED) is 0.687. The van der Waals surface area contributed by atoms with Crippen molar-refractivity contribution in [2.75, 3.05) is 11.4 Å². The van der Waals surface area contributed by atoms with E-state index in [0.29, 0.717) is 5.92 Å². The van der Waals surface area contributed by atoms with E-state index >= 15 is 0 Å². The molecular formula is C15H15N. The Kier molecular flexibility index (Phi) is 2.17. The van der Waals surface area contributed by atoms with Crippen molar-refractivity contribution in [1.82, 2.24) is 0 Å². The van der Waals surface area contributed by atoms with Crippen LogP contribution in [0.25, 0.3) is 0 Å². The minimum absolute atomic E-state index is 0.622. The standard InChI is InChI=1S/C15H15N/c1-12-11-16(13-7-3-2-4-8-13)15-10-6-5-9-14(12)15/h2-10,12H,11H2,1H3/t12-/m1/s1.